The van der Waals surface area contributed by atoms with Crippen LogP contribution in [0.5, 0.6) is 0 Å². The summed E-state index contributed by atoms with van der Waals surface area (Å²) in [5.41, 5.74) is 0.383. The smallest absolute Gasteiger partial charge is 0.272 e. The Kier molecular flexibility index (Phi) is 6.11. The Morgan fingerprint density at radius 3 is 2.54 bits per heavy atom. The van der Waals surface area contributed by atoms with Crippen LogP contribution in [0.2, 0.25) is 0 Å². The van der Waals surface area contributed by atoms with Crippen molar-refractivity contribution in [2.24, 2.45) is 11.3 Å². The number of nitrogens with one attached hydrogen (secondary N) is 1. The molecule has 0 aromatic carbocycles. The van der Waals surface area contributed by atoms with Gasteiger partial charge in [-0.2, -0.15) is 0 Å². The van der Waals surface area contributed by atoms with Gasteiger partial charge >= 0.3 is 0 Å². The first-order valence-electron chi connectivity index (χ1n) is 9.81. The van der Waals surface area contributed by atoms with Crippen LogP contribution in [-0.4, -0.2) is 50.4 Å². The Balaban J connectivity index is 1.56. The normalized spacial score (nSPS) is 16.6. The fourth-order valence-corrected chi connectivity index (χ4v) is 3.43. The van der Waals surface area contributed by atoms with E-state index in [2.05, 4.69) is 36.1 Å². The van der Waals surface area contributed by atoms with E-state index < -0.39 is 0 Å². The maximum atomic E-state index is 12.9. The van der Waals surface area contributed by atoms with Crippen molar-refractivity contribution < 1.29 is 9.59 Å². The highest BCUT2D eigenvalue weighted by atomic mass is 16.2. The highest BCUT2D eigenvalue weighted by molar-refractivity contribution is 5.92. The number of amides is 2. The average molecular weight is 383 g/mol. The monoisotopic (exact) mass is 383 g/mol. The van der Waals surface area contributed by atoms with Crippen LogP contribution < -0.4 is 5.32 Å². The zero-order chi connectivity index (χ0) is 20.1. The molecular formula is C21H29N5O2. The van der Waals surface area contributed by atoms with E-state index in [0.717, 1.165) is 0 Å². The molecule has 2 aromatic rings. The lowest BCUT2D eigenvalue weighted by molar-refractivity contribution is -0.128. The Morgan fingerprint density at radius 2 is 1.96 bits per heavy atom. The Labute approximate surface area is 166 Å². The number of imidazole rings is 1. The fraction of sp³-hybridized carbons (Fsp3) is 0.524. The number of hydrogen-bond acceptors (Lipinski definition) is 4. The molecule has 1 aliphatic rings. The largest absolute Gasteiger partial charge is 0.351 e. The summed E-state index contributed by atoms with van der Waals surface area (Å²) in [5, 5.41) is 3.24. The summed E-state index contributed by atoms with van der Waals surface area (Å²) in [7, 11) is 0. The van der Waals surface area contributed by atoms with Crippen LogP contribution in [0.4, 0.5) is 0 Å². The van der Waals surface area contributed by atoms with Gasteiger partial charge in [-0.3, -0.25) is 14.6 Å². The van der Waals surface area contributed by atoms with Gasteiger partial charge in [0.25, 0.3) is 5.91 Å². The van der Waals surface area contributed by atoms with E-state index in [1.807, 2.05) is 16.8 Å². The van der Waals surface area contributed by atoms with E-state index in [-0.39, 0.29) is 29.2 Å². The van der Waals surface area contributed by atoms with E-state index in [0.29, 0.717) is 38.2 Å². The van der Waals surface area contributed by atoms with Crippen molar-refractivity contribution in [1.29, 1.82) is 0 Å². The van der Waals surface area contributed by atoms with E-state index in [1.165, 1.54) is 0 Å². The molecule has 1 aliphatic heterocycles. The van der Waals surface area contributed by atoms with Gasteiger partial charge < -0.3 is 14.8 Å². The first-order chi connectivity index (χ1) is 13.3. The van der Waals surface area contributed by atoms with Gasteiger partial charge in [0.1, 0.15) is 5.69 Å². The molecule has 28 heavy (non-hydrogen) atoms. The number of carbonyl (C=O) groups excluding carboxylic acids is 2. The lowest BCUT2D eigenvalue weighted by atomic mass is 9.85. The van der Waals surface area contributed by atoms with Crippen molar-refractivity contribution in [2.75, 3.05) is 13.1 Å². The number of aromatic nitrogens is 3. The van der Waals surface area contributed by atoms with Crippen molar-refractivity contribution in [3.05, 3.63) is 48.8 Å². The van der Waals surface area contributed by atoms with E-state index in [1.54, 1.807) is 35.8 Å². The highest BCUT2D eigenvalue weighted by Gasteiger charge is 2.32. The number of likely N-dealkylation sites (tertiary alicyclic amines) is 1. The van der Waals surface area contributed by atoms with Crippen LogP contribution in [0.1, 0.15) is 44.1 Å². The van der Waals surface area contributed by atoms with Gasteiger partial charge in [0, 0.05) is 44.1 Å². The third-order valence-electron chi connectivity index (χ3n) is 5.35. The molecule has 1 atom stereocenters. The number of pyridine rings is 1. The van der Waals surface area contributed by atoms with Gasteiger partial charge in [0.2, 0.25) is 5.91 Å². The van der Waals surface area contributed by atoms with Gasteiger partial charge in [0.15, 0.2) is 0 Å². The average Bonchev–Trinajstić information content (AvgIpc) is 3.20. The first-order valence-corrected chi connectivity index (χ1v) is 9.81. The SMILES string of the molecule is CC(C)(C)[C@H](Cn1ccnc1)NC(=O)C1CCN(C(=O)c2ccccn2)CC1. The topological polar surface area (TPSA) is 80.1 Å². The number of piperidine rings is 1. The molecule has 0 saturated carbocycles. The quantitative estimate of drug-likeness (QED) is 0.860. The van der Waals surface area contributed by atoms with E-state index in [4.69, 9.17) is 0 Å². The number of hydrogen-bond donors (Lipinski definition) is 1. The summed E-state index contributed by atoms with van der Waals surface area (Å²) in [6.07, 6.45) is 8.40. The van der Waals surface area contributed by atoms with Gasteiger partial charge in [-0.25, -0.2) is 4.98 Å². The summed E-state index contributed by atoms with van der Waals surface area (Å²) in [6, 6.07) is 5.34. The minimum absolute atomic E-state index is 0.00220. The van der Waals surface area contributed by atoms with Crippen LogP contribution in [-0.2, 0) is 11.3 Å². The lowest BCUT2D eigenvalue weighted by Crippen LogP contribution is -2.50. The van der Waals surface area contributed by atoms with E-state index >= 15 is 0 Å². The zero-order valence-corrected chi connectivity index (χ0v) is 16.8. The molecule has 0 aliphatic carbocycles. The highest BCUT2D eigenvalue weighted by Crippen LogP contribution is 2.24. The third kappa shape index (κ3) is 4.97. The minimum atomic E-state index is -0.0738. The Morgan fingerprint density at radius 1 is 1.21 bits per heavy atom. The van der Waals surface area contributed by atoms with Crippen LogP contribution in [0.15, 0.2) is 43.1 Å². The zero-order valence-electron chi connectivity index (χ0n) is 16.8. The van der Waals surface area contributed by atoms with Crippen LogP contribution >= 0.6 is 0 Å². The molecule has 0 radical (unpaired) electrons. The van der Waals surface area contributed by atoms with Gasteiger partial charge in [-0.05, 0) is 30.4 Å². The summed E-state index contributed by atoms with van der Waals surface area (Å²) < 4.78 is 1.99. The second kappa shape index (κ2) is 8.54. The van der Waals surface area contributed by atoms with Crippen molar-refractivity contribution in [1.82, 2.24) is 24.8 Å². The van der Waals surface area contributed by atoms with Crippen LogP contribution in [0.25, 0.3) is 0 Å². The number of carbonyl (C=O) groups is 2. The van der Waals surface area contributed by atoms with Crippen molar-refractivity contribution in [3.63, 3.8) is 0 Å². The first kappa shape index (κ1) is 20.0. The van der Waals surface area contributed by atoms with Crippen molar-refractivity contribution in [3.8, 4) is 0 Å². The summed E-state index contributed by atoms with van der Waals surface area (Å²) in [4.78, 5) is 35.4. The molecule has 0 bridgehead atoms. The Hall–Kier alpha value is -2.70. The maximum absolute atomic E-state index is 12.9. The van der Waals surface area contributed by atoms with Gasteiger partial charge in [-0.15, -0.1) is 0 Å². The summed E-state index contributed by atoms with van der Waals surface area (Å²) in [5.74, 6) is -0.0578. The van der Waals surface area contributed by atoms with Crippen LogP contribution in [0.3, 0.4) is 0 Å². The number of rotatable bonds is 5. The van der Waals surface area contributed by atoms with Gasteiger partial charge in [0.05, 0.1) is 12.4 Å². The molecule has 7 heteroatoms. The number of nitrogens with zero attached hydrogens (tertiary/aromatic N) is 4. The Bertz CT molecular complexity index is 775. The molecule has 1 fully saturated rings. The maximum Gasteiger partial charge on any atom is 0.272 e. The molecule has 1 N–H and O–H groups in total. The second-order valence-corrected chi connectivity index (χ2v) is 8.47. The predicted molar refractivity (Wildman–Crippen MR) is 106 cm³/mol. The second-order valence-electron chi connectivity index (χ2n) is 8.47. The molecule has 2 aromatic heterocycles. The lowest BCUT2D eigenvalue weighted by Gasteiger charge is -2.35. The molecule has 1 saturated heterocycles. The molecule has 0 unspecified atom stereocenters. The molecule has 7 nitrogen and oxygen atoms in total. The van der Waals surface area contributed by atoms with Crippen molar-refractivity contribution in [2.45, 2.75) is 46.2 Å². The molecular weight excluding hydrogens is 354 g/mol. The summed E-state index contributed by atoms with van der Waals surface area (Å²) >= 11 is 0. The van der Waals surface area contributed by atoms with E-state index in [9.17, 15) is 9.59 Å². The fourth-order valence-electron chi connectivity index (χ4n) is 3.43. The third-order valence-corrected chi connectivity index (χ3v) is 5.35. The predicted octanol–water partition coefficient (Wildman–Crippen LogP) is 2.36. The van der Waals surface area contributed by atoms with Gasteiger partial charge in [-0.1, -0.05) is 26.8 Å². The summed E-state index contributed by atoms with van der Waals surface area (Å²) in [6.45, 7) is 8.23. The molecule has 2 amide bonds. The standard InChI is InChI=1S/C21H29N5O2/c1-21(2,3)18(14-25-13-10-22-15-25)24-19(27)16-7-11-26(12-8-16)20(28)17-6-4-5-9-23-17/h4-6,9-10,13,15-16,18H,7-8,11-12,14H2,1-3H3,(H,24,27)/t18-/m0/s1. The minimum Gasteiger partial charge on any atom is -0.351 e. The molecule has 3 rings (SSSR count). The van der Waals surface area contributed by atoms with Crippen LogP contribution in [0, 0.1) is 11.3 Å². The molecule has 150 valence electrons. The molecule has 3 heterocycles. The molecule has 0 spiro atoms. The van der Waals surface area contributed by atoms with Crippen molar-refractivity contribution >= 4 is 11.8 Å².